The monoisotopic (exact) mass is 275 g/mol. The van der Waals surface area contributed by atoms with Crippen molar-refractivity contribution in [2.75, 3.05) is 5.43 Å². The molecule has 0 fully saturated rings. The molecule has 2 rings (SSSR count). The lowest BCUT2D eigenvalue weighted by atomic mass is 10.1. The van der Waals surface area contributed by atoms with E-state index in [4.69, 9.17) is 5.84 Å². The first-order chi connectivity index (χ1) is 9.51. The molecule has 8 heteroatoms. The number of rotatable bonds is 4. The molecule has 1 heterocycles. The molecule has 0 aliphatic carbocycles. The summed E-state index contributed by atoms with van der Waals surface area (Å²) in [4.78, 5) is 25.8. The number of nitrogens with two attached hydrogens (primary N) is 1. The van der Waals surface area contributed by atoms with Crippen molar-refractivity contribution >= 4 is 11.4 Å². The van der Waals surface area contributed by atoms with Gasteiger partial charge in [0.05, 0.1) is 17.2 Å². The number of nitrogens with one attached hydrogen (secondary N) is 1. The molecule has 2 aromatic rings. The zero-order valence-corrected chi connectivity index (χ0v) is 10.7. The molecule has 0 atom stereocenters. The van der Waals surface area contributed by atoms with Gasteiger partial charge in [0.2, 0.25) is 0 Å². The smallest absolute Gasteiger partial charge is 0.324 e. The highest BCUT2D eigenvalue weighted by molar-refractivity contribution is 5.55. The minimum absolute atomic E-state index is 0.0629. The average molecular weight is 275 g/mol. The summed E-state index contributed by atoms with van der Waals surface area (Å²) in [7, 11) is 0. The molecule has 0 unspecified atom stereocenters. The van der Waals surface area contributed by atoms with Gasteiger partial charge in [0.15, 0.2) is 0 Å². The Morgan fingerprint density at radius 3 is 2.80 bits per heavy atom. The predicted molar refractivity (Wildman–Crippen MR) is 73.2 cm³/mol. The van der Waals surface area contributed by atoms with E-state index in [0.717, 1.165) is 0 Å². The van der Waals surface area contributed by atoms with Crippen LogP contribution in [0.2, 0.25) is 0 Å². The second-order valence-corrected chi connectivity index (χ2v) is 4.22. The summed E-state index contributed by atoms with van der Waals surface area (Å²) in [5.74, 6) is 5.37. The first-order valence-electron chi connectivity index (χ1n) is 5.79. The number of hydrogen-bond donors (Lipinski definition) is 2. The molecular weight excluding hydrogens is 262 g/mol. The minimum atomic E-state index is -0.500. The van der Waals surface area contributed by atoms with Gasteiger partial charge in [-0.05, 0) is 19.1 Å². The largest absolute Gasteiger partial charge is 0.348 e. The maximum atomic E-state index is 11.7. The minimum Gasteiger partial charge on any atom is -0.324 e. The molecule has 0 aliphatic heterocycles. The van der Waals surface area contributed by atoms with Crippen LogP contribution in [0.15, 0.2) is 35.3 Å². The van der Waals surface area contributed by atoms with Gasteiger partial charge in [0, 0.05) is 29.6 Å². The van der Waals surface area contributed by atoms with Gasteiger partial charge in [-0.15, -0.1) is 0 Å². The van der Waals surface area contributed by atoms with E-state index in [1.54, 1.807) is 19.2 Å². The van der Waals surface area contributed by atoms with Gasteiger partial charge < -0.3 is 5.43 Å². The number of non-ortho nitro benzene ring substituents is 1. The van der Waals surface area contributed by atoms with Gasteiger partial charge in [0.25, 0.3) is 5.69 Å². The predicted octanol–water partition coefficient (Wildman–Crippen LogP) is 0.794. The first kappa shape index (κ1) is 13.7. The van der Waals surface area contributed by atoms with E-state index in [9.17, 15) is 14.9 Å². The Bertz CT molecular complexity index is 710. The maximum absolute atomic E-state index is 11.7. The van der Waals surface area contributed by atoms with E-state index >= 15 is 0 Å². The number of nitrogen functional groups attached to an aromatic ring is 1. The van der Waals surface area contributed by atoms with Crippen LogP contribution in [0.1, 0.15) is 11.3 Å². The molecule has 0 amide bonds. The van der Waals surface area contributed by atoms with E-state index in [2.05, 4.69) is 10.4 Å². The third-order valence-corrected chi connectivity index (χ3v) is 2.81. The Morgan fingerprint density at radius 1 is 1.45 bits per heavy atom. The fourth-order valence-electron chi connectivity index (χ4n) is 1.78. The Balaban J connectivity index is 2.43. The lowest BCUT2D eigenvalue weighted by molar-refractivity contribution is -0.384. The third-order valence-electron chi connectivity index (χ3n) is 2.81. The van der Waals surface area contributed by atoms with Crippen LogP contribution in [-0.2, 0) is 6.54 Å². The van der Waals surface area contributed by atoms with E-state index in [1.165, 1.54) is 22.8 Å². The molecule has 20 heavy (non-hydrogen) atoms. The van der Waals surface area contributed by atoms with Gasteiger partial charge in [-0.2, -0.15) is 4.98 Å². The molecule has 0 saturated heterocycles. The molecule has 0 aliphatic rings. The second kappa shape index (κ2) is 5.49. The standard InChI is InChI=1S/C12H13N5O3/c1-8-4-5-16(12(18)14-8)7-9-6-10(17(19)20)2-3-11(9)15-13/h2-6,15H,7,13H2,1H3. The van der Waals surface area contributed by atoms with Gasteiger partial charge in [-0.3, -0.25) is 20.5 Å². The fraction of sp³-hybridized carbons (Fsp3) is 0.167. The average Bonchev–Trinajstić information content (AvgIpc) is 2.41. The van der Waals surface area contributed by atoms with Crippen LogP contribution >= 0.6 is 0 Å². The van der Waals surface area contributed by atoms with Crippen LogP contribution in [0.3, 0.4) is 0 Å². The van der Waals surface area contributed by atoms with Crippen LogP contribution in [-0.4, -0.2) is 14.5 Å². The summed E-state index contributed by atoms with van der Waals surface area (Å²) >= 11 is 0. The highest BCUT2D eigenvalue weighted by Gasteiger charge is 2.11. The third kappa shape index (κ3) is 2.81. The number of hydrogen-bond acceptors (Lipinski definition) is 6. The number of nitro benzene ring substituents is 1. The lowest BCUT2D eigenvalue weighted by Gasteiger charge is -2.10. The Kier molecular flexibility index (Phi) is 3.76. The van der Waals surface area contributed by atoms with Crippen LogP contribution in [0, 0.1) is 17.0 Å². The quantitative estimate of drug-likeness (QED) is 0.484. The van der Waals surface area contributed by atoms with Crippen molar-refractivity contribution in [1.29, 1.82) is 0 Å². The first-order valence-corrected chi connectivity index (χ1v) is 5.79. The summed E-state index contributed by atoms with van der Waals surface area (Å²) in [5, 5.41) is 10.8. The summed E-state index contributed by atoms with van der Waals surface area (Å²) < 4.78 is 1.35. The number of aromatic nitrogens is 2. The van der Waals surface area contributed by atoms with Gasteiger partial charge in [-0.25, -0.2) is 4.79 Å². The van der Waals surface area contributed by atoms with E-state index < -0.39 is 10.6 Å². The molecule has 104 valence electrons. The van der Waals surface area contributed by atoms with Crippen LogP contribution in [0.5, 0.6) is 0 Å². The second-order valence-electron chi connectivity index (χ2n) is 4.22. The normalized spacial score (nSPS) is 10.3. The van der Waals surface area contributed by atoms with Gasteiger partial charge in [0.1, 0.15) is 0 Å². The number of aryl methyl sites for hydroxylation is 1. The van der Waals surface area contributed by atoms with E-state index in [-0.39, 0.29) is 12.2 Å². The molecule has 0 bridgehead atoms. The maximum Gasteiger partial charge on any atom is 0.348 e. The zero-order chi connectivity index (χ0) is 14.7. The molecule has 3 N–H and O–H groups in total. The number of hydrazine groups is 1. The Hall–Kier alpha value is -2.74. The van der Waals surface area contributed by atoms with Crippen molar-refractivity contribution in [3.8, 4) is 0 Å². The van der Waals surface area contributed by atoms with Crippen LogP contribution < -0.4 is 17.0 Å². The van der Waals surface area contributed by atoms with E-state index in [1.807, 2.05) is 0 Å². The number of nitrogens with zero attached hydrogens (tertiary/aromatic N) is 3. The van der Waals surface area contributed by atoms with Crippen LogP contribution in [0.4, 0.5) is 11.4 Å². The summed E-state index contributed by atoms with van der Waals surface area (Å²) in [6.07, 6.45) is 1.59. The molecule has 0 saturated carbocycles. The van der Waals surface area contributed by atoms with Crippen molar-refractivity contribution < 1.29 is 4.92 Å². The van der Waals surface area contributed by atoms with Crippen LogP contribution in [0.25, 0.3) is 0 Å². The van der Waals surface area contributed by atoms with Crippen molar-refractivity contribution in [2.24, 2.45) is 5.84 Å². The molecule has 8 nitrogen and oxygen atoms in total. The van der Waals surface area contributed by atoms with Crippen molar-refractivity contribution in [3.05, 3.63) is 62.3 Å². The molecule has 1 aromatic heterocycles. The number of nitro groups is 1. The highest BCUT2D eigenvalue weighted by atomic mass is 16.6. The Morgan fingerprint density at radius 2 is 2.20 bits per heavy atom. The molecule has 1 aromatic carbocycles. The van der Waals surface area contributed by atoms with Crippen molar-refractivity contribution in [2.45, 2.75) is 13.5 Å². The molecular formula is C12H13N5O3. The zero-order valence-electron chi connectivity index (χ0n) is 10.7. The van der Waals surface area contributed by atoms with Gasteiger partial charge in [-0.1, -0.05) is 0 Å². The summed E-state index contributed by atoms with van der Waals surface area (Å²) in [6.45, 7) is 1.86. The highest BCUT2D eigenvalue weighted by Crippen LogP contribution is 2.21. The SMILES string of the molecule is Cc1ccn(Cc2cc([N+](=O)[O-])ccc2NN)c(=O)n1. The number of anilines is 1. The lowest BCUT2D eigenvalue weighted by Crippen LogP contribution is -2.24. The van der Waals surface area contributed by atoms with Gasteiger partial charge >= 0.3 is 5.69 Å². The molecule has 0 radical (unpaired) electrons. The summed E-state index contributed by atoms with van der Waals surface area (Å²) in [5.41, 5.74) is 3.64. The van der Waals surface area contributed by atoms with Crippen molar-refractivity contribution in [3.63, 3.8) is 0 Å². The summed E-state index contributed by atoms with van der Waals surface area (Å²) in [6, 6.07) is 5.91. The van der Waals surface area contributed by atoms with Crippen molar-refractivity contribution in [1.82, 2.24) is 9.55 Å². The van der Waals surface area contributed by atoms with E-state index in [0.29, 0.717) is 16.9 Å². The number of benzene rings is 1. The Labute approximate surface area is 114 Å². The molecule has 0 spiro atoms. The fourth-order valence-corrected chi connectivity index (χ4v) is 1.78. The topological polar surface area (TPSA) is 116 Å².